The molecule has 0 bridgehead atoms. The first-order valence-corrected chi connectivity index (χ1v) is 8.29. The number of benzene rings is 2. The minimum Gasteiger partial charge on any atom is -0.295 e. The molecule has 116 valence electrons. The number of Topliss-reactive ketones (excluding diaryl/α,β-unsaturated/α-hetero) is 1. The zero-order valence-corrected chi connectivity index (χ0v) is 13.5. The van der Waals surface area contributed by atoms with Crippen molar-refractivity contribution in [1.82, 2.24) is 4.90 Å². The third-order valence-electron chi connectivity index (χ3n) is 3.54. The third kappa shape index (κ3) is 3.68. The number of amides is 1. The van der Waals surface area contributed by atoms with Crippen molar-refractivity contribution < 1.29 is 9.59 Å². The fraction of sp³-hybridized carbons (Fsp3) is 0.167. The van der Waals surface area contributed by atoms with Crippen LogP contribution in [0, 0.1) is 0 Å². The maximum Gasteiger partial charge on any atom is 0.239 e. The van der Waals surface area contributed by atoms with E-state index in [0.29, 0.717) is 23.0 Å². The van der Waals surface area contributed by atoms with Crippen LogP contribution in [0.1, 0.15) is 22.8 Å². The number of hydrogen-bond acceptors (Lipinski definition) is 4. The van der Waals surface area contributed by atoms with Crippen LogP contribution >= 0.6 is 11.8 Å². The highest BCUT2D eigenvalue weighted by Crippen LogP contribution is 2.25. The number of carbonyl (C=O) groups excluding carboxylic acids is 2. The van der Waals surface area contributed by atoms with E-state index in [0.717, 1.165) is 11.3 Å². The summed E-state index contributed by atoms with van der Waals surface area (Å²) < 4.78 is 0. The number of aliphatic imine (C=N–C) groups is 1. The van der Waals surface area contributed by atoms with E-state index in [1.54, 1.807) is 29.2 Å². The molecule has 0 aromatic heterocycles. The largest absolute Gasteiger partial charge is 0.295 e. The SMILES string of the molecule is CC(=O)c1ccc(N=C2SCC(=O)N2Cc2ccccc2)cc1. The molecule has 0 radical (unpaired) electrons. The van der Waals surface area contributed by atoms with Crippen molar-refractivity contribution in [1.29, 1.82) is 0 Å². The standard InChI is InChI=1S/C18H16N2O2S/c1-13(21)15-7-9-16(10-8-15)19-18-20(17(22)12-23-18)11-14-5-3-2-4-6-14/h2-10H,11-12H2,1H3. The van der Waals surface area contributed by atoms with Crippen LogP contribution in [0.15, 0.2) is 59.6 Å². The van der Waals surface area contributed by atoms with Crippen LogP contribution in [0.5, 0.6) is 0 Å². The number of carbonyl (C=O) groups is 2. The van der Waals surface area contributed by atoms with Gasteiger partial charge in [0.15, 0.2) is 11.0 Å². The second-order valence-corrected chi connectivity index (χ2v) is 6.19. The molecule has 4 nitrogen and oxygen atoms in total. The number of amidine groups is 1. The van der Waals surface area contributed by atoms with Gasteiger partial charge in [0.1, 0.15) is 0 Å². The fourth-order valence-corrected chi connectivity index (χ4v) is 3.18. The second kappa shape index (κ2) is 6.79. The Labute approximate surface area is 139 Å². The zero-order valence-electron chi connectivity index (χ0n) is 12.7. The third-order valence-corrected chi connectivity index (χ3v) is 4.50. The highest BCUT2D eigenvalue weighted by molar-refractivity contribution is 8.15. The number of hydrogen-bond donors (Lipinski definition) is 0. The van der Waals surface area contributed by atoms with Crippen LogP contribution in [0.3, 0.4) is 0 Å². The Balaban J connectivity index is 1.82. The van der Waals surface area contributed by atoms with Crippen molar-refractivity contribution in [2.45, 2.75) is 13.5 Å². The molecule has 0 N–H and O–H groups in total. The molecule has 2 aromatic rings. The number of nitrogens with zero attached hydrogens (tertiary/aromatic N) is 2. The quantitative estimate of drug-likeness (QED) is 0.807. The average Bonchev–Trinajstić information content (AvgIpc) is 2.89. The summed E-state index contributed by atoms with van der Waals surface area (Å²) in [7, 11) is 0. The molecule has 1 heterocycles. The minimum absolute atomic E-state index is 0.0281. The molecule has 5 heteroatoms. The van der Waals surface area contributed by atoms with Crippen LogP contribution in [0.25, 0.3) is 0 Å². The normalized spacial score (nSPS) is 16.1. The highest BCUT2D eigenvalue weighted by atomic mass is 32.2. The first-order valence-electron chi connectivity index (χ1n) is 7.30. The van der Waals surface area contributed by atoms with Gasteiger partial charge in [-0.3, -0.25) is 14.5 Å². The van der Waals surface area contributed by atoms with Gasteiger partial charge in [-0.05, 0) is 36.8 Å². The molecule has 1 fully saturated rings. The van der Waals surface area contributed by atoms with Crippen molar-refractivity contribution in [3.8, 4) is 0 Å². The van der Waals surface area contributed by atoms with Gasteiger partial charge in [-0.25, -0.2) is 4.99 Å². The van der Waals surface area contributed by atoms with Crippen molar-refractivity contribution in [3.05, 3.63) is 65.7 Å². The van der Waals surface area contributed by atoms with Crippen molar-refractivity contribution in [2.75, 3.05) is 5.75 Å². The van der Waals surface area contributed by atoms with Crippen molar-refractivity contribution in [3.63, 3.8) is 0 Å². The summed E-state index contributed by atoms with van der Waals surface area (Å²) in [6.45, 7) is 2.06. The molecular weight excluding hydrogens is 308 g/mol. The monoisotopic (exact) mass is 324 g/mol. The van der Waals surface area contributed by atoms with E-state index in [4.69, 9.17) is 0 Å². The molecule has 0 unspecified atom stereocenters. The maximum absolute atomic E-state index is 12.1. The average molecular weight is 324 g/mol. The summed E-state index contributed by atoms with van der Waals surface area (Å²) in [4.78, 5) is 29.7. The van der Waals surface area contributed by atoms with E-state index in [1.165, 1.54) is 18.7 Å². The van der Waals surface area contributed by atoms with Gasteiger partial charge in [0.05, 0.1) is 18.0 Å². The molecule has 2 aromatic carbocycles. The van der Waals surface area contributed by atoms with Gasteiger partial charge in [0.2, 0.25) is 5.91 Å². The lowest BCUT2D eigenvalue weighted by molar-refractivity contribution is -0.124. The second-order valence-electron chi connectivity index (χ2n) is 5.25. The predicted molar refractivity (Wildman–Crippen MR) is 93.0 cm³/mol. The molecule has 0 aliphatic carbocycles. The molecule has 23 heavy (non-hydrogen) atoms. The smallest absolute Gasteiger partial charge is 0.239 e. The predicted octanol–water partition coefficient (Wildman–Crippen LogP) is 3.65. The molecule has 0 saturated carbocycles. The molecule has 0 spiro atoms. The van der Waals surface area contributed by atoms with Gasteiger partial charge >= 0.3 is 0 Å². The van der Waals surface area contributed by atoms with E-state index in [9.17, 15) is 9.59 Å². The lowest BCUT2D eigenvalue weighted by Crippen LogP contribution is -2.28. The summed E-state index contributed by atoms with van der Waals surface area (Å²) in [5.41, 5.74) is 2.47. The van der Waals surface area contributed by atoms with E-state index >= 15 is 0 Å². The first kappa shape index (κ1) is 15.5. The van der Waals surface area contributed by atoms with E-state index < -0.39 is 0 Å². The van der Waals surface area contributed by atoms with E-state index in [2.05, 4.69) is 4.99 Å². The van der Waals surface area contributed by atoms with Crippen LogP contribution in [-0.4, -0.2) is 27.5 Å². The first-order chi connectivity index (χ1) is 11.1. The minimum atomic E-state index is 0.0281. The molecule has 0 atom stereocenters. The van der Waals surface area contributed by atoms with Gasteiger partial charge < -0.3 is 0 Å². The molecular formula is C18H16N2O2S. The topological polar surface area (TPSA) is 49.7 Å². The van der Waals surface area contributed by atoms with Crippen LogP contribution in [0.4, 0.5) is 5.69 Å². The summed E-state index contributed by atoms with van der Waals surface area (Å²) >= 11 is 1.44. The zero-order chi connectivity index (χ0) is 16.2. The number of ketones is 1. The Morgan fingerprint density at radius 1 is 1.13 bits per heavy atom. The summed E-state index contributed by atoms with van der Waals surface area (Å²) in [5.74, 6) is 0.510. The summed E-state index contributed by atoms with van der Waals surface area (Å²) in [6, 6.07) is 17.0. The summed E-state index contributed by atoms with van der Waals surface area (Å²) in [6.07, 6.45) is 0. The Kier molecular flexibility index (Phi) is 4.57. The van der Waals surface area contributed by atoms with Gasteiger partial charge in [0, 0.05) is 5.56 Å². The van der Waals surface area contributed by atoms with Crippen molar-refractivity contribution >= 4 is 34.3 Å². The van der Waals surface area contributed by atoms with Crippen molar-refractivity contribution in [2.24, 2.45) is 4.99 Å². The molecule has 3 rings (SSSR count). The van der Waals surface area contributed by atoms with Crippen LogP contribution in [-0.2, 0) is 11.3 Å². The number of thioether (sulfide) groups is 1. The molecule has 1 amide bonds. The van der Waals surface area contributed by atoms with E-state index in [-0.39, 0.29) is 11.7 Å². The molecule has 1 saturated heterocycles. The number of rotatable bonds is 4. The van der Waals surface area contributed by atoms with Crippen LogP contribution < -0.4 is 0 Å². The van der Waals surface area contributed by atoms with Crippen LogP contribution in [0.2, 0.25) is 0 Å². The Morgan fingerprint density at radius 2 is 1.83 bits per heavy atom. The van der Waals surface area contributed by atoms with E-state index in [1.807, 2.05) is 30.3 Å². The lowest BCUT2D eigenvalue weighted by atomic mass is 10.1. The Hall–Kier alpha value is -2.40. The fourth-order valence-electron chi connectivity index (χ4n) is 2.28. The Bertz CT molecular complexity index is 754. The summed E-state index contributed by atoms with van der Waals surface area (Å²) in [5, 5.41) is 0.703. The molecule has 1 aliphatic heterocycles. The highest BCUT2D eigenvalue weighted by Gasteiger charge is 2.28. The van der Waals surface area contributed by atoms with Gasteiger partial charge in [0.25, 0.3) is 0 Å². The maximum atomic E-state index is 12.1. The van der Waals surface area contributed by atoms with Gasteiger partial charge in [-0.1, -0.05) is 42.1 Å². The van der Waals surface area contributed by atoms with Gasteiger partial charge in [-0.2, -0.15) is 0 Å². The lowest BCUT2D eigenvalue weighted by Gasteiger charge is -2.16. The molecule has 1 aliphatic rings. The van der Waals surface area contributed by atoms with Gasteiger partial charge in [-0.15, -0.1) is 0 Å². The Morgan fingerprint density at radius 3 is 2.48 bits per heavy atom.